The van der Waals surface area contributed by atoms with Gasteiger partial charge in [0.2, 0.25) is 0 Å². The molecule has 5 heteroatoms. The standard InChI is InChI=1S/C13H12FN3O/c14-9-5-3-8(4-6-9)12-16-10-2-1-7-15-13(18)11(10)17-12/h3-6H,1-2,7H2,(H,15,18)(H,16,17). The van der Waals surface area contributed by atoms with Crippen molar-refractivity contribution < 1.29 is 9.18 Å². The van der Waals surface area contributed by atoms with Crippen molar-refractivity contribution in [3.05, 3.63) is 41.5 Å². The van der Waals surface area contributed by atoms with E-state index in [1.165, 1.54) is 12.1 Å². The highest BCUT2D eigenvalue weighted by Gasteiger charge is 2.20. The van der Waals surface area contributed by atoms with Gasteiger partial charge in [0, 0.05) is 17.8 Å². The van der Waals surface area contributed by atoms with Crippen LogP contribution in [0.4, 0.5) is 4.39 Å². The molecule has 0 atom stereocenters. The van der Waals surface area contributed by atoms with Gasteiger partial charge in [-0.2, -0.15) is 0 Å². The van der Waals surface area contributed by atoms with E-state index in [9.17, 15) is 9.18 Å². The van der Waals surface area contributed by atoms with E-state index in [1.54, 1.807) is 12.1 Å². The number of imidazole rings is 1. The average Bonchev–Trinajstić information content (AvgIpc) is 2.72. The first-order chi connectivity index (χ1) is 8.74. The molecule has 1 aromatic carbocycles. The highest BCUT2D eigenvalue weighted by atomic mass is 19.1. The second-order valence-corrected chi connectivity index (χ2v) is 4.28. The van der Waals surface area contributed by atoms with Gasteiger partial charge in [0.15, 0.2) is 0 Å². The lowest BCUT2D eigenvalue weighted by Crippen LogP contribution is -2.23. The zero-order valence-corrected chi connectivity index (χ0v) is 9.66. The first-order valence-electron chi connectivity index (χ1n) is 5.87. The van der Waals surface area contributed by atoms with Crippen molar-refractivity contribution in [2.45, 2.75) is 12.8 Å². The summed E-state index contributed by atoms with van der Waals surface area (Å²) in [6, 6.07) is 6.04. The van der Waals surface area contributed by atoms with Gasteiger partial charge in [-0.25, -0.2) is 9.37 Å². The van der Waals surface area contributed by atoms with E-state index in [1.807, 2.05) is 0 Å². The first kappa shape index (κ1) is 11.0. The second kappa shape index (κ2) is 4.25. The molecule has 2 heterocycles. The monoisotopic (exact) mass is 245 g/mol. The third-order valence-corrected chi connectivity index (χ3v) is 3.00. The SMILES string of the molecule is O=C1NCCCc2[nH]c(-c3ccc(F)cc3)nc21. The minimum atomic E-state index is -0.287. The number of hydrogen-bond donors (Lipinski definition) is 2. The minimum absolute atomic E-state index is 0.146. The molecule has 92 valence electrons. The summed E-state index contributed by atoms with van der Waals surface area (Å²) in [4.78, 5) is 19.2. The summed E-state index contributed by atoms with van der Waals surface area (Å²) in [5.74, 6) is 0.175. The maximum absolute atomic E-state index is 12.9. The molecule has 0 fully saturated rings. The maximum Gasteiger partial charge on any atom is 0.271 e. The number of nitrogens with zero attached hydrogens (tertiary/aromatic N) is 1. The van der Waals surface area contributed by atoms with Gasteiger partial charge in [-0.15, -0.1) is 0 Å². The van der Waals surface area contributed by atoms with Crippen molar-refractivity contribution in [2.24, 2.45) is 0 Å². The van der Waals surface area contributed by atoms with E-state index in [0.717, 1.165) is 24.1 Å². The van der Waals surface area contributed by atoms with Crippen LogP contribution in [0, 0.1) is 5.82 Å². The number of amides is 1. The summed E-state index contributed by atoms with van der Waals surface area (Å²) in [7, 11) is 0. The molecule has 0 aliphatic carbocycles. The number of aryl methyl sites for hydroxylation is 1. The predicted octanol–water partition coefficient (Wildman–Crippen LogP) is 1.89. The van der Waals surface area contributed by atoms with E-state index >= 15 is 0 Å². The van der Waals surface area contributed by atoms with Gasteiger partial charge in [-0.1, -0.05) is 0 Å². The van der Waals surface area contributed by atoms with E-state index in [4.69, 9.17) is 0 Å². The number of aromatic amines is 1. The number of benzene rings is 1. The molecule has 1 aliphatic heterocycles. The number of halogens is 1. The molecule has 0 radical (unpaired) electrons. The number of rotatable bonds is 1. The van der Waals surface area contributed by atoms with Gasteiger partial charge in [0.05, 0.1) is 0 Å². The van der Waals surface area contributed by atoms with Gasteiger partial charge < -0.3 is 10.3 Å². The number of carbonyl (C=O) groups excluding carboxylic acids is 1. The molecule has 2 aromatic rings. The third-order valence-electron chi connectivity index (χ3n) is 3.00. The van der Waals surface area contributed by atoms with Crippen molar-refractivity contribution in [1.29, 1.82) is 0 Å². The van der Waals surface area contributed by atoms with Gasteiger partial charge in [-0.3, -0.25) is 4.79 Å². The molecule has 1 amide bonds. The van der Waals surface area contributed by atoms with Crippen molar-refractivity contribution in [3.8, 4) is 11.4 Å². The topological polar surface area (TPSA) is 57.8 Å². The Hall–Kier alpha value is -2.17. The second-order valence-electron chi connectivity index (χ2n) is 4.28. The number of aromatic nitrogens is 2. The van der Waals surface area contributed by atoms with E-state index in [2.05, 4.69) is 15.3 Å². The summed E-state index contributed by atoms with van der Waals surface area (Å²) < 4.78 is 12.9. The number of nitrogens with one attached hydrogen (secondary N) is 2. The zero-order chi connectivity index (χ0) is 12.5. The molecule has 0 bridgehead atoms. The van der Waals surface area contributed by atoms with Crippen molar-refractivity contribution >= 4 is 5.91 Å². The number of hydrogen-bond acceptors (Lipinski definition) is 2. The lowest BCUT2D eigenvalue weighted by Gasteiger charge is -1.98. The summed E-state index contributed by atoms with van der Waals surface area (Å²) in [5.41, 5.74) is 2.08. The average molecular weight is 245 g/mol. The van der Waals surface area contributed by atoms with E-state index in [0.29, 0.717) is 18.1 Å². The van der Waals surface area contributed by atoms with Crippen LogP contribution in [0.25, 0.3) is 11.4 Å². The molecule has 0 unspecified atom stereocenters. The smallest absolute Gasteiger partial charge is 0.271 e. The largest absolute Gasteiger partial charge is 0.351 e. The molecule has 18 heavy (non-hydrogen) atoms. The fourth-order valence-corrected chi connectivity index (χ4v) is 2.07. The lowest BCUT2D eigenvalue weighted by atomic mass is 10.2. The fraction of sp³-hybridized carbons (Fsp3) is 0.231. The van der Waals surface area contributed by atoms with E-state index < -0.39 is 0 Å². The van der Waals surface area contributed by atoms with Crippen molar-refractivity contribution in [2.75, 3.05) is 6.54 Å². The molecule has 0 spiro atoms. The molecule has 1 aliphatic rings. The molecular weight excluding hydrogens is 233 g/mol. The Morgan fingerprint density at radius 3 is 2.78 bits per heavy atom. The highest BCUT2D eigenvalue weighted by Crippen LogP contribution is 2.20. The Balaban J connectivity index is 2.02. The number of fused-ring (bicyclic) bond motifs is 1. The molecule has 4 nitrogen and oxygen atoms in total. The normalized spacial score (nSPS) is 14.8. The summed E-state index contributed by atoms with van der Waals surface area (Å²) >= 11 is 0. The van der Waals surface area contributed by atoms with Crippen LogP contribution in [0.15, 0.2) is 24.3 Å². The molecular formula is C13H12FN3O. The first-order valence-corrected chi connectivity index (χ1v) is 5.87. The molecule has 0 saturated carbocycles. The Kier molecular flexibility index (Phi) is 2.59. The molecule has 0 saturated heterocycles. The van der Waals surface area contributed by atoms with Crippen LogP contribution < -0.4 is 5.32 Å². The maximum atomic E-state index is 12.9. The summed E-state index contributed by atoms with van der Waals surface area (Å²) in [6.07, 6.45) is 1.69. The number of carbonyl (C=O) groups is 1. The predicted molar refractivity (Wildman–Crippen MR) is 64.6 cm³/mol. The van der Waals surface area contributed by atoms with Crippen LogP contribution in [0.3, 0.4) is 0 Å². The van der Waals surface area contributed by atoms with Crippen molar-refractivity contribution in [1.82, 2.24) is 15.3 Å². The van der Waals surface area contributed by atoms with Crippen LogP contribution in [-0.4, -0.2) is 22.4 Å². The van der Waals surface area contributed by atoms with Crippen LogP contribution >= 0.6 is 0 Å². The van der Waals surface area contributed by atoms with Crippen LogP contribution in [-0.2, 0) is 6.42 Å². The molecule has 2 N–H and O–H groups in total. The minimum Gasteiger partial charge on any atom is -0.351 e. The lowest BCUT2D eigenvalue weighted by molar-refractivity contribution is 0.0951. The quantitative estimate of drug-likeness (QED) is 0.806. The van der Waals surface area contributed by atoms with Gasteiger partial charge in [-0.05, 0) is 37.1 Å². The van der Waals surface area contributed by atoms with Gasteiger partial charge in [0.1, 0.15) is 17.3 Å². The Morgan fingerprint density at radius 2 is 2.00 bits per heavy atom. The Labute approximate surface area is 103 Å². The molecule has 1 aromatic heterocycles. The summed E-state index contributed by atoms with van der Waals surface area (Å²) in [6.45, 7) is 0.676. The Morgan fingerprint density at radius 1 is 1.22 bits per heavy atom. The van der Waals surface area contributed by atoms with Crippen LogP contribution in [0.5, 0.6) is 0 Å². The Bertz CT molecular complexity index is 589. The van der Waals surface area contributed by atoms with Gasteiger partial charge >= 0.3 is 0 Å². The van der Waals surface area contributed by atoms with Crippen LogP contribution in [0.2, 0.25) is 0 Å². The fourth-order valence-electron chi connectivity index (χ4n) is 2.07. The summed E-state index contributed by atoms with van der Waals surface area (Å²) in [5, 5.41) is 2.79. The van der Waals surface area contributed by atoms with Gasteiger partial charge in [0.25, 0.3) is 5.91 Å². The highest BCUT2D eigenvalue weighted by molar-refractivity contribution is 5.94. The van der Waals surface area contributed by atoms with E-state index in [-0.39, 0.29) is 11.7 Å². The number of H-pyrrole nitrogens is 1. The van der Waals surface area contributed by atoms with Crippen molar-refractivity contribution in [3.63, 3.8) is 0 Å². The van der Waals surface area contributed by atoms with Crippen LogP contribution in [0.1, 0.15) is 22.6 Å². The third kappa shape index (κ3) is 1.88. The molecule has 3 rings (SSSR count). The zero-order valence-electron chi connectivity index (χ0n) is 9.66.